The van der Waals surface area contributed by atoms with Gasteiger partial charge in [0.05, 0.1) is 0 Å². The summed E-state index contributed by atoms with van der Waals surface area (Å²) >= 11 is -2.54. The number of benzene rings is 1. The van der Waals surface area contributed by atoms with Gasteiger partial charge in [0.25, 0.3) is 0 Å². The zero-order valence-corrected chi connectivity index (χ0v) is 19.7. The van der Waals surface area contributed by atoms with Gasteiger partial charge in [-0.15, -0.1) is 0 Å². The molecule has 0 amide bonds. The van der Waals surface area contributed by atoms with Gasteiger partial charge < -0.3 is 0 Å². The zero-order chi connectivity index (χ0) is 18.5. The third kappa shape index (κ3) is 6.97. The fourth-order valence-corrected chi connectivity index (χ4v) is 20.8. The predicted octanol–water partition coefficient (Wildman–Crippen LogP) is 6.46. The Hall–Kier alpha value is -0.481. The second-order valence-electron chi connectivity index (χ2n) is 7.12. The van der Waals surface area contributed by atoms with Crippen molar-refractivity contribution in [3.63, 3.8) is 0 Å². The van der Waals surface area contributed by atoms with Gasteiger partial charge in [0.2, 0.25) is 0 Å². The Morgan fingerprint density at radius 1 is 0.920 bits per heavy atom. The average molecular weight is 453 g/mol. The number of aliphatic hydroxyl groups excluding tert-OH is 1. The number of hydrogen-bond acceptors (Lipinski definition) is 2. The number of rotatable bonds is 13. The third-order valence-corrected chi connectivity index (χ3v) is 21.2. The van der Waals surface area contributed by atoms with E-state index < -0.39 is 18.4 Å². The van der Waals surface area contributed by atoms with Crippen LogP contribution in [0.25, 0.3) is 3.59 Å². The maximum atomic E-state index is 9.77. The number of unbranched alkanes of at least 4 members (excludes halogenated alkanes) is 3. The molecule has 0 aromatic heterocycles. The minimum atomic E-state index is -2.54. The Labute approximate surface area is 159 Å². The normalized spacial score (nSPS) is 12.4. The van der Waals surface area contributed by atoms with Gasteiger partial charge in [0.1, 0.15) is 0 Å². The first-order chi connectivity index (χ1) is 12.2. The minimum absolute atomic E-state index is 0.157. The molecule has 0 saturated carbocycles. The van der Waals surface area contributed by atoms with E-state index in [0.29, 0.717) is 0 Å². The van der Waals surface area contributed by atoms with Crippen molar-refractivity contribution in [1.29, 1.82) is 0 Å². The van der Waals surface area contributed by atoms with Crippen molar-refractivity contribution in [2.45, 2.75) is 72.6 Å². The van der Waals surface area contributed by atoms with Gasteiger partial charge in [-0.25, -0.2) is 0 Å². The van der Waals surface area contributed by atoms with Crippen molar-refractivity contribution >= 4 is 22.0 Å². The molecule has 0 heterocycles. The van der Waals surface area contributed by atoms with Gasteiger partial charge in [0.15, 0.2) is 0 Å². The molecule has 25 heavy (non-hydrogen) atoms. The Morgan fingerprint density at radius 3 is 1.76 bits per heavy atom. The average Bonchev–Trinajstić information content (AvgIpc) is 2.66. The van der Waals surface area contributed by atoms with E-state index in [-0.39, 0.29) is 6.61 Å². The first-order valence-electron chi connectivity index (χ1n) is 10.1. The molecule has 0 radical (unpaired) electrons. The van der Waals surface area contributed by atoms with Crippen molar-refractivity contribution in [2.24, 2.45) is 0 Å². The van der Waals surface area contributed by atoms with Gasteiger partial charge in [-0.05, 0) is 0 Å². The van der Waals surface area contributed by atoms with Crippen LogP contribution in [0.15, 0.2) is 30.3 Å². The summed E-state index contributed by atoms with van der Waals surface area (Å²) in [4.78, 5) is 0. The summed E-state index contributed by atoms with van der Waals surface area (Å²) in [6.07, 6.45) is 9.97. The van der Waals surface area contributed by atoms with Gasteiger partial charge in [-0.2, -0.15) is 0 Å². The molecule has 0 aliphatic carbocycles. The van der Waals surface area contributed by atoms with E-state index in [2.05, 4.69) is 51.1 Å². The molecule has 1 aromatic rings. The quantitative estimate of drug-likeness (QED) is 0.348. The second kappa shape index (κ2) is 12.8. The SMILES string of the molecule is CCC[CH2][Sn]([CH2]CCC)([CH2]CCC)/[C](=C/CO)c1ccc(OC)cc1. The summed E-state index contributed by atoms with van der Waals surface area (Å²) in [5, 5.41) is 9.77. The Balaban J connectivity index is 3.30. The first kappa shape index (κ1) is 22.6. The van der Waals surface area contributed by atoms with Crippen LogP contribution in [0.5, 0.6) is 5.75 Å². The van der Waals surface area contributed by atoms with Crippen LogP contribution in [0.4, 0.5) is 0 Å². The van der Waals surface area contributed by atoms with E-state index in [1.54, 1.807) is 10.7 Å². The molecule has 3 heteroatoms. The molecular weight excluding hydrogens is 415 g/mol. The number of aliphatic hydroxyl groups is 1. The van der Waals surface area contributed by atoms with Crippen LogP contribution in [-0.2, 0) is 0 Å². The molecule has 0 bridgehead atoms. The number of ether oxygens (including phenoxy) is 1. The second-order valence-corrected chi connectivity index (χ2v) is 20.2. The molecule has 0 aliphatic heterocycles. The molecule has 1 N–H and O–H groups in total. The molecule has 0 fully saturated rings. The summed E-state index contributed by atoms with van der Waals surface area (Å²) in [7, 11) is 1.72. The fourth-order valence-electron chi connectivity index (χ4n) is 3.83. The standard InChI is InChI=1S/C10H11O2.3C4H9.Sn/c1-12-10-6-4-9(5-7-10)3-2-8-11;3*1-3-4-2;/h2,4-7,11H,8H2,1H3;3*1,3-4H2,2H3;. The maximum absolute atomic E-state index is 9.77. The molecule has 2 nitrogen and oxygen atoms in total. The molecule has 0 unspecified atom stereocenters. The van der Waals surface area contributed by atoms with Crippen LogP contribution < -0.4 is 4.74 Å². The van der Waals surface area contributed by atoms with Gasteiger partial charge >= 0.3 is 160 Å². The van der Waals surface area contributed by atoms with E-state index in [1.165, 1.54) is 57.4 Å². The molecule has 142 valence electrons. The van der Waals surface area contributed by atoms with Crippen LogP contribution in [0, 0.1) is 0 Å². The van der Waals surface area contributed by atoms with Crippen LogP contribution in [0.3, 0.4) is 0 Å². The monoisotopic (exact) mass is 454 g/mol. The summed E-state index contributed by atoms with van der Waals surface area (Å²) in [5.41, 5.74) is 1.33. The summed E-state index contributed by atoms with van der Waals surface area (Å²) in [5.74, 6) is 0.906. The van der Waals surface area contributed by atoms with E-state index in [4.69, 9.17) is 4.74 Å². The molecule has 1 aromatic carbocycles. The van der Waals surface area contributed by atoms with Crippen molar-refractivity contribution in [1.82, 2.24) is 0 Å². The first-order valence-corrected chi connectivity index (χ1v) is 17.6. The van der Waals surface area contributed by atoms with Crippen LogP contribution in [0.1, 0.15) is 64.9 Å². The third-order valence-electron chi connectivity index (χ3n) is 5.29. The Kier molecular flexibility index (Phi) is 11.6. The number of methoxy groups -OCH3 is 1. The van der Waals surface area contributed by atoms with E-state index in [9.17, 15) is 5.11 Å². The molecule has 0 atom stereocenters. The van der Waals surface area contributed by atoms with Gasteiger partial charge in [-0.3, -0.25) is 0 Å². The van der Waals surface area contributed by atoms with Gasteiger partial charge in [0, 0.05) is 0 Å². The predicted molar refractivity (Wildman–Crippen MR) is 113 cm³/mol. The summed E-state index contributed by atoms with van der Waals surface area (Å²) < 4.78 is 11.1. The topological polar surface area (TPSA) is 29.5 Å². The van der Waals surface area contributed by atoms with Crippen molar-refractivity contribution < 1.29 is 9.84 Å². The molecule has 0 saturated heterocycles. The molecular formula is C22H38O2Sn. The number of hydrogen-bond donors (Lipinski definition) is 1. The van der Waals surface area contributed by atoms with E-state index in [0.717, 1.165) is 5.75 Å². The fraction of sp³-hybridized carbons (Fsp3) is 0.636. The van der Waals surface area contributed by atoms with Crippen LogP contribution in [-0.4, -0.2) is 37.2 Å². The van der Waals surface area contributed by atoms with Crippen LogP contribution in [0.2, 0.25) is 13.3 Å². The zero-order valence-electron chi connectivity index (χ0n) is 16.8. The van der Waals surface area contributed by atoms with Crippen molar-refractivity contribution in [3.05, 3.63) is 35.9 Å². The summed E-state index contributed by atoms with van der Waals surface area (Å²) in [6.45, 7) is 7.07. The van der Waals surface area contributed by atoms with E-state index >= 15 is 0 Å². The van der Waals surface area contributed by atoms with E-state index in [1.807, 2.05) is 0 Å². The van der Waals surface area contributed by atoms with Crippen LogP contribution >= 0.6 is 0 Å². The Bertz CT molecular complexity index is 471. The summed E-state index contributed by atoms with van der Waals surface area (Å²) in [6, 6.07) is 8.54. The Morgan fingerprint density at radius 2 is 1.40 bits per heavy atom. The molecule has 0 aliphatic rings. The molecule has 1 rings (SSSR count). The van der Waals surface area contributed by atoms with Crippen molar-refractivity contribution in [3.8, 4) is 5.75 Å². The molecule has 0 spiro atoms. The van der Waals surface area contributed by atoms with Gasteiger partial charge in [-0.1, -0.05) is 0 Å². The van der Waals surface area contributed by atoms with Crippen molar-refractivity contribution in [2.75, 3.05) is 13.7 Å².